The average Bonchev–Trinajstić information content (AvgIpc) is 0.743. The van der Waals surface area contributed by atoms with Gasteiger partial charge in [0.05, 0.1) is 33.4 Å². The molecule has 6 N–H and O–H groups in total. The van der Waals surface area contributed by atoms with Gasteiger partial charge in [0.25, 0.3) is 0 Å². The lowest BCUT2D eigenvalue weighted by atomic mass is 9.79. The first-order chi connectivity index (χ1) is 52.6. The van der Waals surface area contributed by atoms with Gasteiger partial charge in [0, 0.05) is 48.0 Å². The van der Waals surface area contributed by atoms with E-state index in [-0.39, 0.29) is 67.9 Å². The average molecular weight is 1480 g/mol. The summed E-state index contributed by atoms with van der Waals surface area (Å²) in [7, 11) is 0. The first kappa shape index (κ1) is 87.8. The Hall–Kier alpha value is -7.46. The van der Waals surface area contributed by atoms with Crippen LogP contribution in [-0.2, 0) is 9.59 Å². The van der Waals surface area contributed by atoms with Crippen LogP contribution in [0.1, 0.15) is 346 Å². The molecule has 0 aromatic heterocycles. The fourth-order valence-corrected chi connectivity index (χ4v) is 16.6. The number of aliphatic hydroxyl groups is 2. The second-order valence-electron chi connectivity index (χ2n) is 32.2. The summed E-state index contributed by atoms with van der Waals surface area (Å²) in [6.45, 7) is 22.3. The third kappa shape index (κ3) is 27.5. The summed E-state index contributed by atoms with van der Waals surface area (Å²) in [4.78, 5) is 28.2. The quantitative estimate of drug-likeness (QED) is 0.0141. The maximum atomic E-state index is 14.1. The number of hydrogen-bond acceptors (Lipinski definition) is 8. The minimum atomic E-state index is -0.433. The second-order valence-corrected chi connectivity index (χ2v) is 32.2. The van der Waals surface area contributed by atoms with E-state index < -0.39 is 11.6 Å². The van der Waals surface area contributed by atoms with Gasteiger partial charge in [-0.05, 0) is 133 Å². The molecule has 108 heavy (non-hydrogen) atoms. The molecule has 3 aromatic carbocycles. The summed E-state index contributed by atoms with van der Waals surface area (Å²) in [6, 6.07) is 13.5. The molecule has 0 radical (unpaired) electrons. The molecule has 4 aliphatic rings. The Morgan fingerprint density at radius 1 is 0.278 bits per heavy atom. The number of phenolic OH excluding ortho intramolecular Hbond substituents is 4. The number of hydrogen-bond donors (Lipinski definition) is 6. The number of rotatable bonds is 54. The highest BCUT2D eigenvalue weighted by atomic mass is 16.3. The molecule has 0 saturated heterocycles. The van der Waals surface area contributed by atoms with Crippen molar-refractivity contribution in [1.82, 2.24) is 0 Å². The summed E-state index contributed by atoms with van der Waals surface area (Å²) in [6.07, 6.45) is 73.9. The number of phenols is 4. The SMILES string of the molecule is CCCCCCC(CCCCCC)C[N+](CC(CCCCCC)CCCCCC)=C1C=CC(=C2C(=O)C(c3c(O)cc(/C=C/c4ccc(/C=C/c5cc(O)c(C6=C(O)C(=C7C=CC(=[N+](CC(CCCCCC)CCCCCC)CC(CCCCCC)CCCCCC)C=C7)C6=O)c(O)c5)cc4)cc3O)=C2O)C=C1. The predicted octanol–water partition coefficient (Wildman–Crippen LogP) is 26.5. The summed E-state index contributed by atoms with van der Waals surface area (Å²) >= 11 is 0. The van der Waals surface area contributed by atoms with Crippen LogP contribution in [0, 0.1) is 23.7 Å². The molecule has 3 aromatic rings. The molecule has 0 heterocycles. The maximum absolute atomic E-state index is 14.1. The van der Waals surface area contributed by atoms with Crippen LogP contribution >= 0.6 is 0 Å². The molecule has 4 aliphatic carbocycles. The number of aliphatic hydroxyl groups excluding tert-OH is 2. The van der Waals surface area contributed by atoms with Crippen molar-refractivity contribution in [3.05, 3.63) is 164 Å². The minimum absolute atomic E-state index is 0.0986. The van der Waals surface area contributed by atoms with E-state index in [1.807, 2.05) is 60.7 Å². The van der Waals surface area contributed by atoms with E-state index in [0.717, 1.165) is 48.7 Å². The van der Waals surface area contributed by atoms with Gasteiger partial charge in [-0.15, -0.1) is 0 Å². The molecule has 590 valence electrons. The summed E-state index contributed by atoms with van der Waals surface area (Å²) in [5.41, 5.74) is 6.10. The number of unbranched alkanes of at least 4 members (excludes halogenated alkanes) is 24. The predicted molar refractivity (Wildman–Crippen MR) is 458 cm³/mol. The largest absolute Gasteiger partial charge is 0.507 e. The number of Topliss-reactive ketones (excluding diaryl/α,β-unsaturated/α-hetero) is 2. The van der Waals surface area contributed by atoms with Gasteiger partial charge in [-0.3, -0.25) is 9.59 Å². The lowest BCUT2D eigenvalue weighted by Gasteiger charge is -2.25. The zero-order valence-corrected chi connectivity index (χ0v) is 68.4. The van der Waals surface area contributed by atoms with E-state index >= 15 is 0 Å². The van der Waals surface area contributed by atoms with Crippen LogP contribution in [-0.4, -0.2) is 89.0 Å². The van der Waals surface area contributed by atoms with Crippen molar-refractivity contribution in [2.45, 2.75) is 312 Å². The molecule has 0 unspecified atom stereocenters. The van der Waals surface area contributed by atoms with Gasteiger partial charge >= 0.3 is 0 Å². The molecule has 0 amide bonds. The molecule has 7 rings (SSSR count). The normalized spacial score (nSPS) is 14.6. The highest BCUT2D eigenvalue weighted by Gasteiger charge is 2.41. The molecular formula is C98H142N2O8+2. The number of aromatic hydroxyl groups is 4. The van der Waals surface area contributed by atoms with Crippen molar-refractivity contribution >= 4 is 58.4 Å². The van der Waals surface area contributed by atoms with E-state index in [4.69, 9.17) is 0 Å². The van der Waals surface area contributed by atoms with E-state index in [1.165, 1.54) is 281 Å². The van der Waals surface area contributed by atoms with Crippen LogP contribution in [0.2, 0.25) is 0 Å². The first-order valence-corrected chi connectivity index (χ1v) is 43.6. The van der Waals surface area contributed by atoms with Crippen molar-refractivity contribution in [3.63, 3.8) is 0 Å². The third-order valence-corrected chi connectivity index (χ3v) is 23.2. The smallest absolute Gasteiger partial charge is 0.202 e. The lowest BCUT2D eigenvalue weighted by molar-refractivity contribution is -0.541. The topological polar surface area (TPSA) is 162 Å². The van der Waals surface area contributed by atoms with Crippen molar-refractivity contribution in [2.24, 2.45) is 23.7 Å². The number of carbonyl (C=O) groups excluding carboxylic acids is 2. The van der Waals surface area contributed by atoms with Crippen molar-refractivity contribution in [2.75, 3.05) is 26.2 Å². The Kier molecular flexibility index (Phi) is 39.8. The van der Waals surface area contributed by atoms with Crippen molar-refractivity contribution < 1.29 is 49.4 Å². The monoisotopic (exact) mass is 1480 g/mol. The van der Waals surface area contributed by atoms with Crippen LogP contribution in [0.15, 0.2) is 131 Å². The summed E-state index contributed by atoms with van der Waals surface area (Å²) < 4.78 is 5.31. The van der Waals surface area contributed by atoms with E-state index in [9.17, 15) is 40.2 Å². The summed E-state index contributed by atoms with van der Waals surface area (Å²) in [5.74, 6) is -0.217. The van der Waals surface area contributed by atoms with Crippen molar-refractivity contribution in [3.8, 4) is 23.0 Å². The van der Waals surface area contributed by atoms with E-state index in [2.05, 4.69) is 88.8 Å². The maximum Gasteiger partial charge on any atom is 0.202 e. The van der Waals surface area contributed by atoms with Crippen molar-refractivity contribution in [1.29, 1.82) is 0 Å². The summed E-state index contributed by atoms with van der Waals surface area (Å²) in [5, 5.41) is 68.9. The van der Waals surface area contributed by atoms with Gasteiger partial charge in [0.2, 0.25) is 11.6 Å². The molecular weight excluding hydrogens is 1330 g/mol. The van der Waals surface area contributed by atoms with Gasteiger partial charge in [0.1, 0.15) is 60.7 Å². The van der Waals surface area contributed by atoms with Gasteiger partial charge in [-0.25, -0.2) is 9.15 Å². The zero-order chi connectivity index (χ0) is 77.4. The molecule has 0 saturated carbocycles. The Labute approximate surface area is 653 Å². The second kappa shape index (κ2) is 48.9. The Bertz CT molecular complexity index is 3290. The first-order valence-electron chi connectivity index (χ1n) is 43.6. The molecule has 0 atom stereocenters. The fraction of sp³-hybridized carbons (Fsp3) is 0.571. The number of allylic oxidation sites excluding steroid dienone is 14. The molecule has 0 bridgehead atoms. The highest BCUT2D eigenvalue weighted by Crippen LogP contribution is 2.48. The molecule has 10 heteroatoms. The Morgan fingerprint density at radius 2 is 0.491 bits per heavy atom. The molecule has 0 fully saturated rings. The van der Waals surface area contributed by atoms with Gasteiger partial charge in [0.15, 0.2) is 11.4 Å². The number of nitrogens with zero attached hydrogens (tertiary/aromatic N) is 2. The number of benzene rings is 3. The van der Waals surface area contributed by atoms with Crippen LogP contribution in [0.3, 0.4) is 0 Å². The van der Waals surface area contributed by atoms with E-state index in [1.54, 1.807) is 12.2 Å². The zero-order valence-electron chi connectivity index (χ0n) is 68.4. The number of carbonyl (C=O) groups is 2. The minimum Gasteiger partial charge on any atom is -0.507 e. The molecule has 0 spiro atoms. The van der Waals surface area contributed by atoms with E-state index in [0.29, 0.717) is 45.9 Å². The van der Waals surface area contributed by atoms with Crippen LogP contribution in [0.4, 0.5) is 0 Å². The Balaban J connectivity index is 1.04. The third-order valence-electron chi connectivity index (χ3n) is 23.2. The highest BCUT2D eigenvalue weighted by molar-refractivity contribution is 6.41. The number of ketones is 2. The standard InChI is InChI=1S/C98H140N2O8/c1-9-17-25-33-41-75(42-34-26-18-10-2)69-99(70-76(43-35-27-19-11-3)44-36-28-20-12-4)83-61-57-81(58-62-83)89-95(105)93(96(89)106)91-85(101)65-79(66-86(91)102)55-53-73-49-51-74(52-50-73)54-56-80-67-87(103)92(88(104)68-80)94-97(107)90(98(94)108)82-59-63-84(64-60-82)100(71-77(45-37-29-21-13-5)46-38-30-22-14-6)72-78(47-39-31-23-15-7)48-40-32-24-16-8/h49-68,75-78H,9-48,69-72H2,1-8H3,(H4,101,102,103,104,105,106,107,108)/p+2/b55-53+,56-54+. The van der Waals surface area contributed by atoms with Crippen LogP contribution in [0.5, 0.6) is 23.0 Å². The van der Waals surface area contributed by atoms with Crippen LogP contribution < -0.4 is 0 Å². The van der Waals surface area contributed by atoms with Gasteiger partial charge in [-0.1, -0.05) is 309 Å². The van der Waals surface area contributed by atoms with Crippen LogP contribution in [0.25, 0.3) is 35.5 Å². The van der Waals surface area contributed by atoms with Gasteiger partial charge in [-0.2, -0.15) is 0 Å². The van der Waals surface area contributed by atoms with Gasteiger partial charge < -0.3 is 30.6 Å². The molecule has 10 nitrogen and oxygen atoms in total. The lowest BCUT2D eigenvalue weighted by Crippen LogP contribution is -2.31. The molecule has 0 aliphatic heterocycles. The fourth-order valence-electron chi connectivity index (χ4n) is 16.6. The Morgan fingerprint density at radius 3 is 0.694 bits per heavy atom.